The zero-order valence-electron chi connectivity index (χ0n) is 8.32. The van der Waals surface area contributed by atoms with Crippen molar-refractivity contribution in [1.29, 1.82) is 0 Å². The van der Waals surface area contributed by atoms with E-state index in [1.807, 2.05) is 6.08 Å². The summed E-state index contributed by atoms with van der Waals surface area (Å²) in [5.41, 5.74) is 0.138. The molecule has 0 unspecified atom stereocenters. The van der Waals surface area contributed by atoms with Crippen molar-refractivity contribution < 1.29 is 5.11 Å². The molecule has 1 saturated carbocycles. The second kappa shape index (κ2) is 2.60. The lowest BCUT2D eigenvalue weighted by Gasteiger charge is -2.49. The summed E-state index contributed by atoms with van der Waals surface area (Å²) in [6.45, 7) is 0. The van der Waals surface area contributed by atoms with Crippen LogP contribution in [0.3, 0.4) is 0 Å². The summed E-state index contributed by atoms with van der Waals surface area (Å²) in [5.74, 6) is 0. The third-order valence-corrected chi connectivity index (χ3v) is 4.30. The molecule has 0 amide bonds. The van der Waals surface area contributed by atoms with E-state index in [4.69, 9.17) is 0 Å². The Bertz CT molecular complexity index is 339. The fourth-order valence-corrected chi connectivity index (χ4v) is 3.48. The molecule has 3 aliphatic carbocycles. The molecule has 0 radical (unpaired) electrons. The summed E-state index contributed by atoms with van der Waals surface area (Å²) in [6.07, 6.45) is 17.6. The molecule has 0 bridgehead atoms. The molecule has 1 heteroatoms. The third-order valence-electron chi connectivity index (χ3n) is 4.30. The van der Waals surface area contributed by atoms with Crippen LogP contribution in [0.2, 0.25) is 0 Å². The van der Waals surface area contributed by atoms with Gasteiger partial charge >= 0.3 is 0 Å². The Balaban J connectivity index is 2.14. The molecule has 3 rings (SSSR count). The van der Waals surface area contributed by atoms with Crippen LogP contribution >= 0.6 is 0 Å². The van der Waals surface area contributed by atoms with Crippen LogP contribution in [-0.2, 0) is 0 Å². The van der Waals surface area contributed by atoms with Gasteiger partial charge in [0.2, 0.25) is 0 Å². The van der Waals surface area contributed by atoms with Crippen LogP contribution in [0.1, 0.15) is 25.7 Å². The fraction of sp³-hybridized carbons (Fsp3) is 0.538. The lowest BCUT2D eigenvalue weighted by molar-refractivity contribution is 0.0181. The van der Waals surface area contributed by atoms with Gasteiger partial charge in [0.15, 0.2) is 0 Å². The molecule has 3 aliphatic rings. The molecule has 1 fully saturated rings. The Morgan fingerprint density at radius 2 is 1.79 bits per heavy atom. The van der Waals surface area contributed by atoms with Crippen molar-refractivity contribution in [1.82, 2.24) is 0 Å². The first-order valence-corrected chi connectivity index (χ1v) is 5.54. The molecule has 0 aromatic rings. The van der Waals surface area contributed by atoms with Gasteiger partial charge in [-0.05, 0) is 12.8 Å². The predicted molar refractivity (Wildman–Crippen MR) is 56.8 cm³/mol. The molecule has 0 aliphatic heterocycles. The van der Waals surface area contributed by atoms with Crippen molar-refractivity contribution >= 4 is 0 Å². The Labute approximate surface area is 84.8 Å². The van der Waals surface area contributed by atoms with Crippen LogP contribution in [-0.4, -0.2) is 11.2 Å². The van der Waals surface area contributed by atoms with Gasteiger partial charge in [-0.2, -0.15) is 0 Å². The van der Waals surface area contributed by atoms with E-state index >= 15 is 0 Å². The quantitative estimate of drug-likeness (QED) is 0.579. The maximum atomic E-state index is 10.1. The zero-order valence-corrected chi connectivity index (χ0v) is 8.32. The highest BCUT2D eigenvalue weighted by atomic mass is 16.3. The van der Waals surface area contributed by atoms with Crippen molar-refractivity contribution in [2.75, 3.05) is 0 Å². The van der Waals surface area contributed by atoms with Crippen molar-refractivity contribution in [3.05, 3.63) is 36.5 Å². The van der Waals surface area contributed by atoms with Gasteiger partial charge in [-0.3, -0.25) is 0 Å². The average molecular weight is 188 g/mol. The second-order valence-electron chi connectivity index (χ2n) is 4.81. The van der Waals surface area contributed by atoms with E-state index in [-0.39, 0.29) is 16.9 Å². The second-order valence-corrected chi connectivity index (χ2v) is 4.81. The largest absolute Gasteiger partial charge is 0.388 e. The van der Waals surface area contributed by atoms with Crippen LogP contribution < -0.4 is 0 Å². The molecular formula is C13H16O. The number of hydrogen-bond donors (Lipinski definition) is 1. The van der Waals surface area contributed by atoms with Crippen LogP contribution in [0.4, 0.5) is 0 Å². The molecule has 0 heterocycles. The van der Waals surface area contributed by atoms with Gasteiger partial charge in [-0.1, -0.05) is 49.3 Å². The monoisotopic (exact) mass is 188 g/mol. The SMILES string of the molecule is O[C@@H]1C=C[C@]23C=CC=C[C@@]12CCCC3. The smallest absolute Gasteiger partial charge is 0.0823 e. The average Bonchev–Trinajstić information content (AvgIpc) is 2.54. The standard InChI is InChI=1S/C13H16O/c14-11-5-10-12-6-1-3-8-13(11,12)9-4-2-7-12/h1,3,5-6,8,10-11,14H,2,4,7,9H2/t11-,12-,13-/m1/s1. The summed E-state index contributed by atoms with van der Waals surface area (Å²) >= 11 is 0. The summed E-state index contributed by atoms with van der Waals surface area (Å²) in [5, 5.41) is 10.1. The number of rotatable bonds is 0. The molecule has 3 atom stereocenters. The number of aliphatic hydroxyl groups excluding tert-OH is 1. The lowest BCUT2D eigenvalue weighted by Crippen LogP contribution is -2.45. The molecule has 1 N–H and O–H groups in total. The first-order valence-electron chi connectivity index (χ1n) is 5.54. The minimum atomic E-state index is -0.274. The molecule has 0 spiro atoms. The molecule has 0 aromatic carbocycles. The van der Waals surface area contributed by atoms with Crippen molar-refractivity contribution in [3.8, 4) is 0 Å². The highest BCUT2D eigenvalue weighted by molar-refractivity contribution is 5.39. The van der Waals surface area contributed by atoms with Gasteiger partial charge in [0.05, 0.1) is 6.10 Å². The van der Waals surface area contributed by atoms with E-state index in [1.165, 1.54) is 19.3 Å². The van der Waals surface area contributed by atoms with Crippen molar-refractivity contribution in [2.24, 2.45) is 10.8 Å². The van der Waals surface area contributed by atoms with Crippen LogP contribution in [0.15, 0.2) is 36.5 Å². The lowest BCUT2D eigenvalue weighted by atomic mass is 9.55. The van der Waals surface area contributed by atoms with Gasteiger partial charge in [-0.25, -0.2) is 0 Å². The molecule has 1 nitrogen and oxygen atoms in total. The van der Waals surface area contributed by atoms with Gasteiger partial charge in [-0.15, -0.1) is 0 Å². The zero-order chi connectivity index (χ0) is 9.65. The molecule has 74 valence electrons. The number of hydrogen-bond acceptors (Lipinski definition) is 1. The Morgan fingerprint density at radius 1 is 1.00 bits per heavy atom. The van der Waals surface area contributed by atoms with Crippen molar-refractivity contribution in [2.45, 2.75) is 31.8 Å². The minimum absolute atomic E-state index is 0. The highest BCUT2D eigenvalue weighted by Crippen LogP contribution is 2.60. The first-order chi connectivity index (χ1) is 6.79. The van der Waals surface area contributed by atoms with Crippen molar-refractivity contribution in [3.63, 3.8) is 0 Å². The van der Waals surface area contributed by atoms with Gasteiger partial charge in [0.1, 0.15) is 0 Å². The van der Waals surface area contributed by atoms with E-state index in [2.05, 4.69) is 30.4 Å². The Hall–Kier alpha value is -0.820. The topological polar surface area (TPSA) is 20.2 Å². The van der Waals surface area contributed by atoms with E-state index in [0.717, 1.165) is 6.42 Å². The van der Waals surface area contributed by atoms with E-state index in [1.54, 1.807) is 0 Å². The van der Waals surface area contributed by atoms with Crippen LogP contribution in [0, 0.1) is 10.8 Å². The number of aliphatic hydroxyl groups is 1. The first kappa shape index (κ1) is 8.49. The summed E-state index contributed by atoms with van der Waals surface area (Å²) in [6, 6.07) is 0. The third kappa shape index (κ3) is 0.795. The van der Waals surface area contributed by atoms with E-state index in [9.17, 15) is 5.11 Å². The Kier molecular flexibility index (Phi) is 1.58. The molecular weight excluding hydrogens is 172 g/mol. The predicted octanol–water partition coefficient (Wildman–Crippen LogP) is 2.59. The fourth-order valence-electron chi connectivity index (χ4n) is 3.48. The Morgan fingerprint density at radius 3 is 2.64 bits per heavy atom. The van der Waals surface area contributed by atoms with Crippen LogP contribution in [0.25, 0.3) is 0 Å². The maximum absolute atomic E-state index is 10.1. The normalized spacial score (nSPS) is 49.1. The van der Waals surface area contributed by atoms with Gasteiger partial charge in [0.25, 0.3) is 0 Å². The molecule has 14 heavy (non-hydrogen) atoms. The highest BCUT2D eigenvalue weighted by Gasteiger charge is 2.55. The van der Waals surface area contributed by atoms with Gasteiger partial charge in [0, 0.05) is 10.8 Å². The van der Waals surface area contributed by atoms with Crippen LogP contribution in [0.5, 0.6) is 0 Å². The number of allylic oxidation sites excluding steroid dienone is 4. The summed E-state index contributed by atoms with van der Waals surface area (Å²) in [7, 11) is 0. The summed E-state index contributed by atoms with van der Waals surface area (Å²) in [4.78, 5) is 0. The molecule has 0 aromatic heterocycles. The summed E-state index contributed by atoms with van der Waals surface area (Å²) < 4.78 is 0. The minimum Gasteiger partial charge on any atom is -0.388 e. The van der Waals surface area contributed by atoms with E-state index in [0.29, 0.717) is 0 Å². The van der Waals surface area contributed by atoms with E-state index < -0.39 is 0 Å². The maximum Gasteiger partial charge on any atom is 0.0823 e. The van der Waals surface area contributed by atoms with Gasteiger partial charge < -0.3 is 5.11 Å². The molecule has 0 saturated heterocycles.